The van der Waals surface area contributed by atoms with Gasteiger partial charge in [-0.25, -0.2) is 0 Å². The number of hydrogen-bond donors (Lipinski definition) is 14. The maximum atomic E-state index is 14.4. The van der Waals surface area contributed by atoms with E-state index < -0.39 is 102 Å². The smallest absolute Gasteiger partial charge is 0.243 e. The zero-order chi connectivity index (χ0) is 56.0. The summed E-state index contributed by atoms with van der Waals surface area (Å²) >= 11 is 0. The van der Waals surface area contributed by atoms with Crippen LogP contribution >= 0.6 is 0 Å². The fraction of sp³-hybridized carbons (Fsp3) is 0.580. The van der Waals surface area contributed by atoms with Gasteiger partial charge in [0.05, 0.1) is 6.04 Å². The molecule has 0 bridgehead atoms. The topological polar surface area (TPSA) is 441 Å². The first-order valence-corrected chi connectivity index (χ1v) is 25.5. The van der Waals surface area contributed by atoms with E-state index >= 15 is 0 Å². The number of nitrogens with one attached hydrogen (secondary N) is 7. The lowest BCUT2D eigenvalue weighted by Gasteiger charge is -2.29. The molecule has 0 aliphatic rings. The van der Waals surface area contributed by atoms with Gasteiger partial charge in [0.15, 0.2) is 11.9 Å². The first kappa shape index (κ1) is 63.7. The maximum absolute atomic E-state index is 14.4. The number of rotatable bonds is 35. The Morgan fingerprint density at radius 2 is 1.04 bits per heavy atom. The van der Waals surface area contributed by atoms with Gasteiger partial charge in [-0.1, -0.05) is 70.5 Å². The molecule has 0 fully saturated rings. The fourth-order valence-electron chi connectivity index (χ4n) is 7.66. The van der Waals surface area contributed by atoms with Crippen molar-refractivity contribution in [2.45, 2.75) is 154 Å². The van der Waals surface area contributed by atoms with Crippen molar-refractivity contribution in [2.24, 2.45) is 62.0 Å². The van der Waals surface area contributed by atoms with Gasteiger partial charge in [-0.3, -0.25) is 53.3 Å². The molecule has 25 nitrogen and oxygen atoms in total. The molecule has 0 radical (unpaired) electrons. The highest BCUT2D eigenvalue weighted by Crippen LogP contribution is 2.14. The van der Waals surface area contributed by atoms with Crippen LogP contribution in [0.15, 0.2) is 64.8 Å². The Kier molecular flexibility index (Phi) is 29.0. The molecule has 2 rings (SSSR count). The van der Waals surface area contributed by atoms with E-state index in [1.54, 1.807) is 55.7 Å². The minimum absolute atomic E-state index is 0.0408. The van der Waals surface area contributed by atoms with Crippen LogP contribution in [0.2, 0.25) is 0 Å². The number of nitrogens with zero attached hydrogens (tertiary/aromatic N) is 3. The first-order chi connectivity index (χ1) is 35.6. The number of benzene rings is 1. The number of carbonyl (C=O) groups excluding carboxylic acids is 8. The number of unbranched alkanes of at least 4 members (excludes halogenated alkanes) is 1. The molecule has 0 saturated carbocycles. The van der Waals surface area contributed by atoms with E-state index in [9.17, 15) is 38.4 Å². The Morgan fingerprint density at radius 1 is 0.547 bits per heavy atom. The summed E-state index contributed by atoms with van der Waals surface area (Å²) in [6, 6.07) is 2.99. The molecule has 2 aromatic rings. The monoisotopic (exact) mass is 1050 g/mol. The average Bonchev–Trinajstić information content (AvgIpc) is 3.36. The number of pyridine rings is 1. The van der Waals surface area contributed by atoms with Crippen molar-refractivity contribution in [1.82, 2.24) is 42.2 Å². The highest BCUT2D eigenvalue weighted by molar-refractivity contribution is 5.98. The van der Waals surface area contributed by atoms with Gasteiger partial charge in [0.25, 0.3) is 0 Å². The fourth-order valence-corrected chi connectivity index (χ4v) is 7.66. The molecule has 1 aromatic carbocycles. The summed E-state index contributed by atoms with van der Waals surface area (Å²) in [5.74, 6) is -6.74. The molecule has 9 atom stereocenters. The van der Waals surface area contributed by atoms with Crippen molar-refractivity contribution in [1.29, 1.82) is 0 Å². The number of guanidine groups is 2. The largest absolute Gasteiger partial charge is 0.370 e. The van der Waals surface area contributed by atoms with E-state index in [0.29, 0.717) is 31.4 Å². The van der Waals surface area contributed by atoms with Gasteiger partial charge in [-0.15, -0.1) is 0 Å². The molecule has 1 aromatic heterocycles. The lowest BCUT2D eigenvalue weighted by atomic mass is 9.95. The second-order valence-electron chi connectivity index (χ2n) is 19.0. The van der Waals surface area contributed by atoms with Crippen molar-refractivity contribution in [2.75, 3.05) is 19.6 Å². The summed E-state index contributed by atoms with van der Waals surface area (Å²) in [6.45, 7) is 9.12. The predicted molar refractivity (Wildman–Crippen MR) is 286 cm³/mol. The van der Waals surface area contributed by atoms with Gasteiger partial charge >= 0.3 is 0 Å². The van der Waals surface area contributed by atoms with Crippen molar-refractivity contribution in [3.63, 3.8) is 0 Å². The molecule has 1 heterocycles. The highest BCUT2D eigenvalue weighted by atomic mass is 16.2. The minimum atomic E-state index is -1.33. The van der Waals surface area contributed by atoms with E-state index in [1.165, 1.54) is 6.92 Å². The van der Waals surface area contributed by atoms with E-state index in [4.69, 9.17) is 40.1 Å². The Labute approximate surface area is 439 Å². The van der Waals surface area contributed by atoms with Crippen molar-refractivity contribution in [3.05, 3.63) is 66.0 Å². The second kappa shape index (κ2) is 34.1. The van der Waals surface area contributed by atoms with Crippen LogP contribution in [0.25, 0.3) is 0 Å². The normalized spacial score (nSPS) is 14.6. The number of primary amides is 1. The third-order valence-electron chi connectivity index (χ3n) is 12.1. The molecule has 21 N–H and O–H groups in total. The van der Waals surface area contributed by atoms with Gasteiger partial charge in [-0.05, 0) is 100 Å². The Hall–Kier alpha value is -7.41. The molecule has 0 aliphatic heterocycles. The second-order valence-corrected chi connectivity index (χ2v) is 19.0. The Bertz CT molecular complexity index is 2190. The molecular weight excluding hydrogens is 967 g/mol. The van der Waals surface area contributed by atoms with E-state index in [-0.39, 0.29) is 82.3 Å². The summed E-state index contributed by atoms with van der Waals surface area (Å²) in [5, 5.41) is 18.9. The van der Waals surface area contributed by atoms with Crippen LogP contribution in [-0.2, 0) is 51.2 Å². The number of nitrogens with two attached hydrogens (primary N) is 7. The van der Waals surface area contributed by atoms with Crippen molar-refractivity contribution in [3.8, 4) is 0 Å². The van der Waals surface area contributed by atoms with Gasteiger partial charge in [0.1, 0.15) is 42.3 Å². The summed E-state index contributed by atoms with van der Waals surface area (Å²) in [4.78, 5) is 122. The summed E-state index contributed by atoms with van der Waals surface area (Å²) in [5.41, 5.74) is 41.2. The van der Waals surface area contributed by atoms with Gasteiger partial charge in [0.2, 0.25) is 47.3 Å². The minimum Gasteiger partial charge on any atom is -0.370 e. The van der Waals surface area contributed by atoms with Crippen molar-refractivity contribution >= 4 is 59.2 Å². The number of amides is 8. The Morgan fingerprint density at radius 3 is 1.52 bits per heavy atom. The standard InChI is InChI=1S/C50H83N17O8/c1-6-30(4)40(48(75)65-38(41(53)68)27-32-15-8-7-9-16-32)67-47(74)39(25-29(2)3)66-46(73)37(20-14-24-60-50(56)57)64-45(72)36(19-13-23-59-49(54)55)63-44(71)35(18-10-11-21-51)62-42(69)31(5)61-43(70)34(52)26-33-17-12-22-58-28-33/h7-9,12,15-17,22,28-31,34-40H,6,10-11,13-14,18-21,23-27,51-52H2,1-5H3,(H2,53,68)(H,61,70)(H,62,69)(H,63,71)(H,64,72)(H,65,75)(H,66,73)(H,67,74)(H4,54,55,59)(H4,56,57,60)/t30-,31-,34-,35-,36-,37-,38-,39-,40-/m0/s1. The Balaban J connectivity index is 2.42. The maximum Gasteiger partial charge on any atom is 0.243 e. The molecule has 0 aliphatic carbocycles. The molecule has 8 amide bonds. The van der Waals surface area contributed by atoms with Crippen LogP contribution in [0, 0.1) is 11.8 Å². The average molecular weight is 1050 g/mol. The van der Waals surface area contributed by atoms with Gasteiger partial charge < -0.3 is 77.4 Å². The molecular formula is C50H83N17O8. The van der Waals surface area contributed by atoms with Crippen molar-refractivity contribution < 1.29 is 38.4 Å². The molecule has 25 heteroatoms. The van der Waals surface area contributed by atoms with Crippen LogP contribution in [0.4, 0.5) is 0 Å². The van der Waals surface area contributed by atoms with Crippen LogP contribution in [0.3, 0.4) is 0 Å². The quantitative estimate of drug-likeness (QED) is 0.0192. The van der Waals surface area contributed by atoms with Crippen LogP contribution in [0.5, 0.6) is 0 Å². The lowest BCUT2D eigenvalue weighted by Crippen LogP contribution is -2.61. The number of aromatic nitrogens is 1. The van der Waals surface area contributed by atoms with Gasteiger partial charge in [-0.2, -0.15) is 0 Å². The predicted octanol–water partition coefficient (Wildman–Crippen LogP) is -2.58. The van der Waals surface area contributed by atoms with Gasteiger partial charge in [0, 0.05) is 31.9 Å². The SMILES string of the molecule is CC[C@H](C)[C@H](NC(=O)[C@H](CC(C)C)NC(=O)[C@H](CCCN=C(N)N)NC(=O)[C@H](CCCN=C(N)N)NC(=O)[C@H](CCCCN)NC(=O)[C@H](C)NC(=O)[C@@H](N)Cc1cccnc1)C(=O)N[C@@H](Cc1ccccc1)C(N)=O. The molecule has 0 unspecified atom stereocenters. The highest BCUT2D eigenvalue weighted by Gasteiger charge is 2.35. The lowest BCUT2D eigenvalue weighted by molar-refractivity contribution is -0.136. The first-order valence-electron chi connectivity index (χ1n) is 25.5. The molecule has 0 saturated heterocycles. The third-order valence-corrected chi connectivity index (χ3v) is 12.1. The zero-order valence-electron chi connectivity index (χ0n) is 44.0. The zero-order valence-corrected chi connectivity index (χ0v) is 44.0. The number of hydrogen-bond acceptors (Lipinski definition) is 13. The third kappa shape index (κ3) is 24.9. The van der Waals surface area contributed by atoms with E-state index in [0.717, 1.165) is 5.56 Å². The summed E-state index contributed by atoms with van der Waals surface area (Å²) in [6.07, 6.45) is 5.28. The summed E-state index contributed by atoms with van der Waals surface area (Å²) in [7, 11) is 0. The number of aliphatic imine (C=N–C) groups is 2. The van der Waals surface area contributed by atoms with Crippen LogP contribution < -0.4 is 77.4 Å². The molecule has 416 valence electrons. The molecule has 0 spiro atoms. The molecule has 75 heavy (non-hydrogen) atoms. The van der Waals surface area contributed by atoms with Crippen LogP contribution in [-0.4, -0.2) is 132 Å². The van der Waals surface area contributed by atoms with E-state index in [1.807, 2.05) is 26.8 Å². The summed E-state index contributed by atoms with van der Waals surface area (Å²) < 4.78 is 0. The van der Waals surface area contributed by atoms with Crippen LogP contribution in [0.1, 0.15) is 104 Å². The van der Waals surface area contributed by atoms with E-state index in [2.05, 4.69) is 52.2 Å². The number of carbonyl (C=O) groups is 8.